The second kappa shape index (κ2) is 9.32. The van der Waals surface area contributed by atoms with Crippen molar-refractivity contribution >= 4 is 16.5 Å². The Balaban J connectivity index is 2.29. The molecule has 0 radical (unpaired) electrons. The van der Waals surface area contributed by atoms with Crippen LogP contribution in [0.2, 0.25) is 0 Å². The predicted octanol–water partition coefficient (Wildman–Crippen LogP) is 2.81. The first-order chi connectivity index (χ1) is 9.62. The molecule has 5 heteroatoms. The summed E-state index contributed by atoms with van der Waals surface area (Å²) in [6.07, 6.45) is 3.21. The summed E-state index contributed by atoms with van der Waals surface area (Å²) in [6, 6.07) is 0.662. The summed E-state index contributed by atoms with van der Waals surface area (Å²) in [5.41, 5.74) is 0. The Morgan fingerprint density at radius 3 is 2.60 bits per heavy atom. The van der Waals surface area contributed by atoms with E-state index in [9.17, 15) is 0 Å². The molecule has 1 aromatic heterocycles. The third-order valence-electron chi connectivity index (χ3n) is 3.86. The molecular formula is C15H30N4S. The Bertz CT molecular complexity index is 363. The lowest BCUT2D eigenvalue weighted by Gasteiger charge is -2.23. The summed E-state index contributed by atoms with van der Waals surface area (Å²) in [7, 11) is 2.20. The fraction of sp³-hybridized carbons (Fsp3) is 0.800. The molecule has 0 aliphatic carbocycles. The van der Waals surface area contributed by atoms with Gasteiger partial charge in [0.25, 0.3) is 0 Å². The molecule has 1 rings (SSSR count). The highest BCUT2D eigenvalue weighted by Crippen LogP contribution is 2.21. The molecule has 0 saturated heterocycles. The molecule has 1 heterocycles. The van der Waals surface area contributed by atoms with Crippen molar-refractivity contribution in [2.24, 2.45) is 0 Å². The van der Waals surface area contributed by atoms with Crippen LogP contribution in [-0.2, 0) is 6.54 Å². The molecule has 4 nitrogen and oxygen atoms in total. The molecule has 1 N–H and O–H groups in total. The zero-order valence-electron chi connectivity index (χ0n) is 13.6. The Kier molecular flexibility index (Phi) is 8.11. The van der Waals surface area contributed by atoms with E-state index in [0.717, 1.165) is 37.9 Å². The van der Waals surface area contributed by atoms with Crippen LogP contribution in [0, 0.1) is 0 Å². The van der Waals surface area contributed by atoms with Gasteiger partial charge in [-0.05, 0) is 34.2 Å². The predicted molar refractivity (Wildman–Crippen MR) is 89.8 cm³/mol. The van der Waals surface area contributed by atoms with Crippen molar-refractivity contribution in [3.8, 4) is 0 Å². The van der Waals surface area contributed by atoms with Crippen molar-refractivity contribution in [1.82, 2.24) is 15.2 Å². The third kappa shape index (κ3) is 5.38. The van der Waals surface area contributed by atoms with Crippen molar-refractivity contribution in [2.45, 2.75) is 46.7 Å². The van der Waals surface area contributed by atoms with Crippen molar-refractivity contribution in [2.75, 3.05) is 38.1 Å². The van der Waals surface area contributed by atoms with E-state index in [2.05, 4.69) is 54.8 Å². The topological polar surface area (TPSA) is 31.4 Å². The van der Waals surface area contributed by atoms with Gasteiger partial charge in [0, 0.05) is 49.8 Å². The summed E-state index contributed by atoms with van der Waals surface area (Å²) in [4.78, 5) is 10.5. The number of thiazole rings is 1. The highest BCUT2D eigenvalue weighted by molar-refractivity contribution is 7.15. The minimum atomic E-state index is 0.662. The number of hydrogen-bond acceptors (Lipinski definition) is 5. The van der Waals surface area contributed by atoms with Crippen LogP contribution in [0.25, 0.3) is 0 Å². The molecule has 0 amide bonds. The maximum absolute atomic E-state index is 4.51. The van der Waals surface area contributed by atoms with E-state index < -0.39 is 0 Å². The highest BCUT2D eigenvalue weighted by Gasteiger charge is 2.08. The number of hydrogen-bond donors (Lipinski definition) is 1. The Hall–Kier alpha value is -0.650. The molecule has 0 aromatic carbocycles. The van der Waals surface area contributed by atoms with Crippen LogP contribution in [0.15, 0.2) is 6.20 Å². The van der Waals surface area contributed by atoms with E-state index in [1.54, 1.807) is 11.3 Å². The Labute approximate surface area is 128 Å². The van der Waals surface area contributed by atoms with E-state index in [1.807, 2.05) is 6.20 Å². The highest BCUT2D eigenvalue weighted by atomic mass is 32.1. The minimum absolute atomic E-state index is 0.662. The van der Waals surface area contributed by atoms with Gasteiger partial charge in [0.15, 0.2) is 5.13 Å². The molecule has 1 atom stereocenters. The van der Waals surface area contributed by atoms with Crippen LogP contribution in [0.5, 0.6) is 0 Å². The molecule has 0 bridgehead atoms. The van der Waals surface area contributed by atoms with E-state index >= 15 is 0 Å². The van der Waals surface area contributed by atoms with Gasteiger partial charge in [-0.15, -0.1) is 11.3 Å². The number of nitrogens with one attached hydrogen (secondary N) is 1. The zero-order chi connectivity index (χ0) is 15.0. The molecule has 1 unspecified atom stereocenters. The first-order valence-corrected chi connectivity index (χ1v) is 8.54. The van der Waals surface area contributed by atoms with Crippen LogP contribution in [0.4, 0.5) is 5.13 Å². The standard InChI is InChI=1S/C15H30N4S/c1-6-13(4)18(5)10-9-16-11-14-12-17-15(20-14)19(7-2)8-3/h12-13,16H,6-11H2,1-5H3. The summed E-state index contributed by atoms with van der Waals surface area (Å²) in [5.74, 6) is 0. The second-order valence-corrected chi connectivity index (χ2v) is 6.29. The van der Waals surface area contributed by atoms with Gasteiger partial charge in [0.2, 0.25) is 0 Å². The number of rotatable bonds is 10. The Morgan fingerprint density at radius 2 is 2.00 bits per heavy atom. The molecule has 0 spiro atoms. The van der Waals surface area contributed by atoms with Gasteiger partial charge in [-0.1, -0.05) is 6.92 Å². The first kappa shape index (κ1) is 17.4. The molecule has 0 saturated carbocycles. The lowest BCUT2D eigenvalue weighted by Crippen LogP contribution is -2.34. The number of anilines is 1. The molecule has 0 fully saturated rings. The molecule has 0 aliphatic heterocycles. The largest absolute Gasteiger partial charge is 0.349 e. The SMILES string of the molecule is CCC(C)N(C)CCNCc1cnc(N(CC)CC)s1. The lowest BCUT2D eigenvalue weighted by molar-refractivity contribution is 0.252. The van der Waals surface area contributed by atoms with Crippen LogP contribution in [0.3, 0.4) is 0 Å². The smallest absolute Gasteiger partial charge is 0.185 e. The third-order valence-corrected chi connectivity index (χ3v) is 4.92. The summed E-state index contributed by atoms with van der Waals surface area (Å²) >= 11 is 1.80. The lowest BCUT2D eigenvalue weighted by atomic mass is 10.2. The Morgan fingerprint density at radius 1 is 1.30 bits per heavy atom. The average molecular weight is 298 g/mol. The van der Waals surface area contributed by atoms with Crippen LogP contribution in [-0.4, -0.2) is 49.2 Å². The molecule has 20 heavy (non-hydrogen) atoms. The summed E-state index contributed by atoms with van der Waals surface area (Å²) in [5, 5.41) is 4.65. The van der Waals surface area contributed by atoms with Gasteiger partial charge in [-0.2, -0.15) is 0 Å². The van der Waals surface area contributed by atoms with Gasteiger partial charge < -0.3 is 15.1 Å². The van der Waals surface area contributed by atoms with E-state index in [1.165, 1.54) is 11.3 Å². The number of nitrogens with zero attached hydrogens (tertiary/aromatic N) is 3. The quantitative estimate of drug-likeness (QED) is 0.673. The van der Waals surface area contributed by atoms with Crippen LogP contribution < -0.4 is 10.2 Å². The summed E-state index contributed by atoms with van der Waals surface area (Å²) in [6.45, 7) is 14.0. The summed E-state index contributed by atoms with van der Waals surface area (Å²) < 4.78 is 0. The van der Waals surface area contributed by atoms with Gasteiger partial charge in [0.1, 0.15) is 0 Å². The monoisotopic (exact) mass is 298 g/mol. The van der Waals surface area contributed by atoms with Crippen LogP contribution in [0.1, 0.15) is 39.0 Å². The molecule has 0 aliphatic rings. The van der Waals surface area contributed by atoms with Gasteiger partial charge in [-0.25, -0.2) is 4.98 Å². The first-order valence-electron chi connectivity index (χ1n) is 7.72. The van der Waals surface area contributed by atoms with Crippen molar-refractivity contribution < 1.29 is 0 Å². The van der Waals surface area contributed by atoms with Gasteiger partial charge >= 0.3 is 0 Å². The van der Waals surface area contributed by atoms with Gasteiger partial charge in [0.05, 0.1) is 0 Å². The second-order valence-electron chi connectivity index (χ2n) is 5.20. The number of likely N-dealkylation sites (N-methyl/N-ethyl adjacent to an activating group) is 1. The molecule has 116 valence electrons. The molecular weight excluding hydrogens is 268 g/mol. The fourth-order valence-corrected chi connectivity index (χ4v) is 3.03. The maximum atomic E-state index is 4.51. The van der Waals surface area contributed by atoms with Crippen molar-refractivity contribution in [3.05, 3.63) is 11.1 Å². The minimum Gasteiger partial charge on any atom is -0.349 e. The average Bonchev–Trinajstić information content (AvgIpc) is 2.92. The number of aromatic nitrogens is 1. The van der Waals surface area contributed by atoms with E-state index in [-0.39, 0.29) is 0 Å². The zero-order valence-corrected chi connectivity index (χ0v) is 14.5. The van der Waals surface area contributed by atoms with Crippen molar-refractivity contribution in [3.63, 3.8) is 0 Å². The molecule has 1 aromatic rings. The maximum Gasteiger partial charge on any atom is 0.185 e. The fourth-order valence-electron chi connectivity index (χ4n) is 2.02. The van der Waals surface area contributed by atoms with Crippen molar-refractivity contribution in [1.29, 1.82) is 0 Å². The normalized spacial score (nSPS) is 12.9. The van der Waals surface area contributed by atoms with E-state index in [0.29, 0.717) is 6.04 Å². The van der Waals surface area contributed by atoms with E-state index in [4.69, 9.17) is 0 Å². The van der Waals surface area contributed by atoms with Gasteiger partial charge in [-0.3, -0.25) is 0 Å². The van der Waals surface area contributed by atoms with Crippen LogP contribution >= 0.6 is 11.3 Å².